The van der Waals surface area contributed by atoms with Gasteiger partial charge in [-0.25, -0.2) is 13.6 Å². The molecule has 2 heterocycles. The fourth-order valence-electron chi connectivity index (χ4n) is 2.02. The van der Waals surface area contributed by atoms with Crippen LogP contribution in [0.5, 0.6) is 0 Å². The van der Waals surface area contributed by atoms with Gasteiger partial charge >= 0.3 is 0 Å². The number of carbonyl (C=O) groups is 1. The van der Waals surface area contributed by atoms with Gasteiger partial charge in [-0.3, -0.25) is 4.79 Å². The molecular formula is C12H18N2O4S2. The van der Waals surface area contributed by atoms with Crippen LogP contribution in [0.1, 0.15) is 24.1 Å². The van der Waals surface area contributed by atoms with Crippen LogP contribution in [-0.2, 0) is 26.0 Å². The molecule has 112 valence electrons. The number of nitrogens with one attached hydrogen (secondary N) is 1. The lowest BCUT2D eigenvalue weighted by molar-refractivity contribution is -0.135. The van der Waals surface area contributed by atoms with Gasteiger partial charge < -0.3 is 10.1 Å². The molecule has 2 rings (SSSR count). The number of hydrogen-bond acceptors (Lipinski definition) is 5. The molecule has 1 aromatic rings. The average Bonchev–Trinajstić information content (AvgIpc) is 2.88. The van der Waals surface area contributed by atoms with E-state index in [-0.39, 0.29) is 16.2 Å². The van der Waals surface area contributed by atoms with Crippen LogP contribution in [0.15, 0.2) is 16.3 Å². The van der Waals surface area contributed by atoms with E-state index in [0.717, 1.165) is 35.5 Å². The summed E-state index contributed by atoms with van der Waals surface area (Å²) in [5.41, 5.74) is 0. The lowest BCUT2D eigenvalue weighted by Crippen LogP contribution is -2.39. The minimum absolute atomic E-state index is 0.0899. The van der Waals surface area contributed by atoms with Gasteiger partial charge in [-0.1, -0.05) is 0 Å². The number of thiophene rings is 1. The molecule has 1 aromatic heterocycles. The third kappa shape index (κ3) is 4.27. The second kappa shape index (κ2) is 6.66. The highest BCUT2D eigenvalue weighted by Crippen LogP contribution is 2.20. The highest BCUT2D eigenvalue weighted by atomic mass is 32.2. The molecule has 3 N–H and O–H groups in total. The smallest absolute Gasteiger partial charge is 0.249 e. The highest BCUT2D eigenvalue weighted by molar-refractivity contribution is 7.91. The van der Waals surface area contributed by atoms with Gasteiger partial charge in [0.05, 0.1) is 0 Å². The molecule has 0 saturated carbocycles. The summed E-state index contributed by atoms with van der Waals surface area (Å²) >= 11 is 1.13. The summed E-state index contributed by atoms with van der Waals surface area (Å²) in [6.45, 7) is 1.10. The molecule has 1 aliphatic rings. The summed E-state index contributed by atoms with van der Waals surface area (Å²) in [6.07, 6.45) is 3.03. The van der Waals surface area contributed by atoms with E-state index in [2.05, 4.69) is 5.32 Å². The quantitative estimate of drug-likeness (QED) is 0.831. The highest BCUT2D eigenvalue weighted by Gasteiger charge is 2.21. The minimum atomic E-state index is -3.63. The molecule has 1 unspecified atom stereocenters. The maximum absolute atomic E-state index is 11.8. The third-order valence-corrected chi connectivity index (χ3v) is 5.64. The molecule has 0 spiro atoms. The zero-order chi connectivity index (χ0) is 14.6. The number of nitrogens with two attached hydrogens (primary N) is 1. The van der Waals surface area contributed by atoms with Gasteiger partial charge in [-0.05, 0) is 37.8 Å². The van der Waals surface area contributed by atoms with Gasteiger partial charge in [0.25, 0.3) is 0 Å². The zero-order valence-electron chi connectivity index (χ0n) is 11.0. The molecule has 1 amide bonds. The van der Waals surface area contributed by atoms with Crippen LogP contribution in [0.4, 0.5) is 0 Å². The van der Waals surface area contributed by atoms with Crippen LogP contribution in [0.25, 0.3) is 0 Å². The fraction of sp³-hybridized carbons (Fsp3) is 0.583. The fourth-order valence-corrected chi connectivity index (χ4v) is 3.79. The van der Waals surface area contributed by atoms with Crippen LogP contribution in [0.3, 0.4) is 0 Å². The van der Waals surface area contributed by atoms with Crippen molar-refractivity contribution in [1.29, 1.82) is 0 Å². The Labute approximate surface area is 122 Å². The second-order valence-electron chi connectivity index (χ2n) is 4.66. The Morgan fingerprint density at radius 1 is 1.45 bits per heavy atom. The average molecular weight is 318 g/mol. The van der Waals surface area contributed by atoms with Gasteiger partial charge in [-0.15, -0.1) is 11.3 Å². The SMILES string of the molecule is NS(=O)(=O)c1ccc(CCNC(=O)C2CCCCO2)s1. The normalized spacial score (nSPS) is 19.8. The van der Waals surface area contributed by atoms with Crippen LogP contribution in [0.2, 0.25) is 0 Å². The first-order valence-electron chi connectivity index (χ1n) is 6.47. The Kier molecular flexibility index (Phi) is 5.14. The largest absolute Gasteiger partial charge is 0.368 e. The van der Waals surface area contributed by atoms with Gasteiger partial charge in [0.15, 0.2) is 0 Å². The number of hydrogen-bond donors (Lipinski definition) is 2. The molecule has 1 saturated heterocycles. The summed E-state index contributed by atoms with van der Waals surface area (Å²) in [7, 11) is -3.63. The van der Waals surface area contributed by atoms with Gasteiger partial charge in [0, 0.05) is 18.0 Å². The Morgan fingerprint density at radius 2 is 2.25 bits per heavy atom. The molecule has 1 atom stereocenters. The number of ether oxygens (including phenoxy) is 1. The summed E-state index contributed by atoms with van der Waals surface area (Å²) in [5.74, 6) is -0.0899. The van der Waals surface area contributed by atoms with Crippen molar-refractivity contribution in [3.8, 4) is 0 Å². The van der Waals surface area contributed by atoms with E-state index in [1.807, 2.05) is 0 Å². The summed E-state index contributed by atoms with van der Waals surface area (Å²) in [6, 6.07) is 3.20. The number of amides is 1. The first-order valence-corrected chi connectivity index (χ1v) is 8.84. The van der Waals surface area contributed by atoms with Crippen molar-refractivity contribution in [2.24, 2.45) is 5.14 Å². The Balaban J connectivity index is 1.78. The van der Waals surface area contributed by atoms with Crippen molar-refractivity contribution in [2.75, 3.05) is 13.2 Å². The maximum Gasteiger partial charge on any atom is 0.249 e. The van der Waals surface area contributed by atoms with E-state index in [1.165, 1.54) is 6.07 Å². The maximum atomic E-state index is 11.8. The first kappa shape index (κ1) is 15.4. The second-order valence-corrected chi connectivity index (χ2v) is 7.62. The molecule has 0 bridgehead atoms. The van der Waals surface area contributed by atoms with E-state index in [0.29, 0.717) is 19.6 Å². The predicted molar refractivity (Wildman–Crippen MR) is 76.0 cm³/mol. The van der Waals surface area contributed by atoms with E-state index in [4.69, 9.17) is 9.88 Å². The van der Waals surface area contributed by atoms with E-state index >= 15 is 0 Å². The summed E-state index contributed by atoms with van der Waals surface area (Å²) in [5, 5.41) is 7.85. The van der Waals surface area contributed by atoms with E-state index in [1.54, 1.807) is 6.07 Å². The summed E-state index contributed by atoms with van der Waals surface area (Å²) < 4.78 is 27.8. The Bertz CT molecular complexity index is 562. The lowest BCUT2D eigenvalue weighted by Gasteiger charge is -2.21. The van der Waals surface area contributed by atoms with Gasteiger partial charge in [0.1, 0.15) is 10.3 Å². The molecule has 1 fully saturated rings. The van der Waals surface area contributed by atoms with Crippen molar-refractivity contribution in [2.45, 2.75) is 36.0 Å². The van der Waals surface area contributed by atoms with Crippen LogP contribution in [0, 0.1) is 0 Å². The van der Waals surface area contributed by atoms with Crippen LogP contribution in [-0.4, -0.2) is 33.6 Å². The van der Waals surface area contributed by atoms with Crippen molar-refractivity contribution in [3.05, 3.63) is 17.0 Å². The van der Waals surface area contributed by atoms with Crippen LogP contribution >= 0.6 is 11.3 Å². The van der Waals surface area contributed by atoms with E-state index < -0.39 is 10.0 Å². The number of rotatable bonds is 5. The zero-order valence-corrected chi connectivity index (χ0v) is 12.6. The van der Waals surface area contributed by atoms with E-state index in [9.17, 15) is 13.2 Å². The molecule has 0 aromatic carbocycles. The number of carbonyl (C=O) groups excluding carboxylic acids is 1. The van der Waals surface area contributed by atoms with Crippen molar-refractivity contribution < 1.29 is 17.9 Å². The number of primary sulfonamides is 1. The molecule has 6 nitrogen and oxygen atoms in total. The molecule has 1 aliphatic heterocycles. The van der Waals surface area contributed by atoms with Crippen molar-refractivity contribution >= 4 is 27.3 Å². The van der Waals surface area contributed by atoms with Crippen LogP contribution < -0.4 is 10.5 Å². The minimum Gasteiger partial charge on any atom is -0.368 e. The summed E-state index contributed by atoms with van der Waals surface area (Å²) in [4.78, 5) is 12.7. The lowest BCUT2D eigenvalue weighted by atomic mass is 10.1. The molecular weight excluding hydrogens is 300 g/mol. The topological polar surface area (TPSA) is 98.5 Å². The molecule has 20 heavy (non-hydrogen) atoms. The Hall–Kier alpha value is -0.960. The molecule has 8 heteroatoms. The molecule has 0 aliphatic carbocycles. The first-order chi connectivity index (χ1) is 9.47. The van der Waals surface area contributed by atoms with Gasteiger partial charge in [-0.2, -0.15) is 0 Å². The predicted octanol–water partition coefficient (Wildman–Crippen LogP) is 0.623. The number of sulfonamides is 1. The van der Waals surface area contributed by atoms with Gasteiger partial charge in [0.2, 0.25) is 15.9 Å². The Morgan fingerprint density at radius 3 is 2.85 bits per heavy atom. The monoisotopic (exact) mass is 318 g/mol. The standard InChI is InChI=1S/C12H18N2O4S2/c13-20(16,17)11-5-4-9(19-11)6-7-14-12(15)10-3-1-2-8-18-10/h4-5,10H,1-3,6-8H2,(H,14,15)(H2,13,16,17). The van der Waals surface area contributed by atoms with Crippen molar-refractivity contribution in [1.82, 2.24) is 5.32 Å². The molecule has 0 radical (unpaired) electrons. The van der Waals surface area contributed by atoms with Crippen molar-refractivity contribution in [3.63, 3.8) is 0 Å². The third-order valence-electron chi connectivity index (χ3n) is 3.06.